The van der Waals surface area contributed by atoms with E-state index in [1.165, 1.54) is 17.7 Å². The maximum atomic E-state index is 13.9. The molecule has 0 saturated carbocycles. The highest BCUT2D eigenvalue weighted by Gasteiger charge is 2.37. The number of nitrogens with zero attached hydrogens (tertiary/aromatic N) is 2. The van der Waals surface area contributed by atoms with Crippen LogP contribution in [0.25, 0.3) is 10.9 Å². The van der Waals surface area contributed by atoms with Gasteiger partial charge in [0.1, 0.15) is 0 Å². The second-order valence-corrected chi connectivity index (χ2v) is 7.76. The van der Waals surface area contributed by atoms with Gasteiger partial charge in [-0.3, -0.25) is 4.79 Å². The molecule has 0 amide bonds. The topological polar surface area (TPSA) is 25.2 Å². The van der Waals surface area contributed by atoms with Crippen LogP contribution in [-0.4, -0.2) is 35.0 Å². The first-order valence-electron chi connectivity index (χ1n) is 9.85. The smallest absolute Gasteiger partial charge is 0.311 e. The highest BCUT2D eigenvalue weighted by Crippen LogP contribution is 2.37. The van der Waals surface area contributed by atoms with E-state index in [9.17, 15) is 26.7 Å². The third-order valence-electron chi connectivity index (χ3n) is 5.64. The fraction of sp³-hybridized carbons (Fsp3) is 0.571. The summed E-state index contributed by atoms with van der Waals surface area (Å²) in [7, 11) is 1.48. The Morgan fingerprint density at radius 2 is 1.76 bits per heavy atom. The van der Waals surface area contributed by atoms with Crippen molar-refractivity contribution < 1.29 is 22.0 Å². The van der Waals surface area contributed by atoms with E-state index in [4.69, 9.17) is 0 Å². The molecule has 1 aliphatic heterocycles. The van der Waals surface area contributed by atoms with E-state index in [1.807, 2.05) is 4.90 Å². The van der Waals surface area contributed by atoms with Gasteiger partial charge in [-0.25, -0.2) is 8.78 Å². The first kappa shape index (κ1) is 21.7. The number of halogens is 5. The van der Waals surface area contributed by atoms with E-state index in [-0.39, 0.29) is 48.8 Å². The van der Waals surface area contributed by atoms with Crippen molar-refractivity contribution in [1.82, 2.24) is 9.47 Å². The molecule has 1 aromatic carbocycles. The molecule has 2 heterocycles. The second-order valence-electron chi connectivity index (χ2n) is 7.76. The number of hydrogen-bond acceptors (Lipinski definition) is 2. The summed E-state index contributed by atoms with van der Waals surface area (Å²) in [5, 5.41) is 0.0192. The molecule has 2 aromatic rings. The number of benzene rings is 1. The van der Waals surface area contributed by atoms with Gasteiger partial charge in [-0.2, -0.15) is 13.2 Å². The molecule has 0 atom stereocenters. The van der Waals surface area contributed by atoms with Crippen LogP contribution in [0.4, 0.5) is 22.0 Å². The number of aromatic nitrogens is 1. The zero-order chi connectivity index (χ0) is 21.4. The van der Waals surface area contributed by atoms with Crippen LogP contribution in [0.2, 0.25) is 0 Å². The fourth-order valence-corrected chi connectivity index (χ4v) is 4.01. The van der Waals surface area contributed by atoms with Crippen LogP contribution in [0.5, 0.6) is 0 Å². The van der Waals surface area contributed by atoms with Crippen molar-refractivity contribution in [3.05, 3.63) is 45.2 Å². The van der Waals surface area contributed by atoms with E-state index in [1.54, 1.807) is 19.1 Å². The average Bonchev–Trinajstić information content (AvgIpc) is 2.64. The van der Waals surface area contributed by atoms with Crippen molar-refractivity contribution in [2.45, 2.75) is 51.1 Å². The monoisotopic (exact) mass is 416 g/mol. The summed E-state index contributed by atoms with van der Waals surface area (Å²) >= 11 is 0. The first-order chi connectivity index (χ1) is 13.5. The summed E-state index contributed by atoms with van der Waals surface area (Å²) in [5.74, 6) is -2.62. The van der Waals surface area contributed by atoms with Crippen LogP contribution in [0.3, 0.4) is 0 Å². The van der Waals surface area contributed by atoms with Gasteiger partial charge in [0, 0.05) is 50.5 Å². The van der Waals surface area contributed by atoms with Crippen molar-refractivity contribution in [3.63, 3.8) is 0 Å². The van der Waals surface area contributed by atoms with Gasteiger partial charge in [-0.05, 0) is 30.5 Å². The van der Waals surface area contributed by atoms with Crippen LogP contribution in [-0.2, 0) is 26.1 Å². The normalized spacial score (nSPS) is 17.8. The molecule has 0 N–H and O–H groups in total. The van der Waals surface area contributed by atoms with Crippen molar-refractivity contribution in [3.8, 4) is 0 Å². The average molecular weight is 416 g/mol. The molecule has 0 spiro atoms. The lowest BCUT2D eigenvalue weighted by atomic mass is 9.97. The van der Waals surface area contributed by atoms with Crippen molar-refractivity contribution in [1.29, 1.82) is 0 Å². The number of pyridine rings is 1. The summed E-state index contributed by atoms with van der Waals surface area (Å²) < 4.78 is 69.4. The number of hydrogen-bond donors (Lipinski definition) is 0. The lowest BCUT2D eigenvalue weighted by Crippen LogP contribution is -2.40. The third-order valence-corrected chi connectivity index (χ3v) is 5.64. The minimum absolute atomic E-state index is 0.0192. The number of piperidine rings is 1. The van der Waals surface area contributed by atoms with E-state index in [0.29, 0.717) is 24.9 Å². The molecular weight excluding hydrogens is 391 g/mol. The second kappa shape index (κ2) is 8.05. The van der Waals surface area contributed by atoms with Crippen LogP contribution in [0, 0.1) is 0 Å². The quantitative estimate of drug-likeness (QED) is 0.656. The molecule has 8 heteroatoms. The summed E-state index contributed by atoms with van der Waals surface area (Å²) in [6.45, 7) is 2.81. The molecule has 3 nitrogen and oxygen atoms in total. The molecule has 1 saturated heterocycles. The zero-order valence-corrected chi connectivity index (χ0v) is 16.6. The Labute approximate surface area is 166 Å². The number of fused-ring (bicyclic) bond motifs is 1. The minimum atomic E-state index is -4.63. The molecule has 0 radical (unpaired) electrons. The Morgan fingerprint density at radius 1 is 1.10 bits per heavy atom. The van der Waals surface area contributed by atoms with E-state index < -0.39 is 23.2 Å². The largest absolute Gasteiger partial charge is 0.417 e. The van der Waals surface area contributed by atoms with Crippen LogP contribution in [0.1, 0.15) is 42.9 Å². The molecule has 0 aliphatic carbocycles. The van der Waals surface area contributed by atoms with Gasteiger partial charge in [0.05, 0.1) is 11.1 Å². The Bertz CT molecular complexity index is 939. The summed E-state index contributed by atoms with van der Waals surface area (Å²) in [6, 6.07) is 4.75. The Morgan fingerprint density at radius 3 is 2.34 bits per heavy atom. The molecular formula is C21H25F5N2O. The molecule has 1 aromatic heterocycles. The standard InChI is InChI=1S/C21H25F5N2O/c1-3-4-15-18(21(24,25)26)16-13-14(5-6-17(16)27(2)19(15)29)7-10-28-11-8-20(22,23)9-12-28/h5-6,13H,3-4,7-12H2,1-2H3. The molecule has 0 unspecified atom stereocenters. The molecule has 29 heavy (non-hydrogen) atoms. The highest BCUT2D eigenvalue weighted by atomic mass is 19.4. The lowest BCUT2D eigenvalue weighted by molar-refractivity contribution is -0.137. The van der Waals surface area contributed by atoms with E-state index in [0.717, 1.165) is 0 Å². The van der Waals surface area contributed by atoms with Crippen molar-refractivity contribution >= 4 is 10.9 Å². The zero-order valence-electron chi connectivity index (χ0n) is 16.6. The molecule has 3 rings (SSSR count). The Kier molecular flexibility index (Phi) is 6.03. The van der Waals surface area contributed by atoms with Gasteiger partial charge in [0.2, 0.25) is 0 Å². The predicted molar refractivity (Wildman–Crippen MR) is 103 cm³/mol. The van der Waals surface area contributed by atoms with Crippen LogP contribution >= 0.6 is 0 Å². The van der Waals surface area contributed by atoms with Gasteiger partial charge in [-0.15, -0.1) is 0 Å². The summed E-state index contributed by atoms with van der Waals surface area (Å²) in [5.41, 5.74) is -0.735. The molecule has 160 valence electrons. The predicted octanol–water partition coefficient (Wildman–Crippen LogP) is 4.78. The van der Waals surface area contributed by atoms with Crippen LogP contribution in [0.15, 0.2) is 23.0 Å². The molecule has 1 aliphatic rings. The minimum Gasteiger partial charge on any atom is -0.311 e. The van der Waals surface area contributed by atoms with Gasteiger partial charge in [-0.1, -0.05) is 19.4 Å². The van der Waals surface area contributed by atoms with E-state index in [2.05, 4.69) is 0 Å². The van der Waals surface area contributed by atoms with Gasteiger partial charge < -0.3 is 9.47 Å². The van der Waals surface area contributed by atoms with Gasteiger partial charge >= 0.3 is 6.18 Å². The number of likely N-dealkylation sites (tertiary alicyclic amines) is 1. The maximum Gasteiger partial charge on any atom is 0.417 e. The highest BCUT2D eigenvalue weighted by molar-refractivity contribution is 5.85. The Balaban J connectivity index is 1.96. The first-order valence-corrected chi connectivity index (χ1v) is 9.85. The van der Waals surface area contributed by atoms with E-state index >= 15 is 0 Å². The summed E-state index contributed by atoms with van der Waals surface area (Å²) in [4.78, 5) is 14.4. The van der Waals surface area contributed by atoms with Crippen LogP contribution < -0.4 is 5.56 Å². The molecule has 1 fully saturated rings. The number of alkyl halides is 5. The summed E-state index contributed by atoms with van der Waals surface area (Å²) in [6.07, 6.45) is -4.05. The third kappa shape index (κ3) is 4.63. The van der Waals surface area contributed by atoms with Gasteiger partial charge in [0.15, 0.2) is 0 Å². The fourth-order valence-electron chi connectivity index (χ4n) is 4.01. The van der Waals surface area contributed by atoms with Crippen molar-refractivity contribution in [2.24, 2.45) is 7.05 Å². The lowest BCUT2D eigenvalue weighted by Gasteiger charge is -2.31. The maximum absolute atomic E-state index is 13.9. The van der Waals surface area contributed by atoms with Gasteiger partial charge in [0.25, 0.3) is 11.5 Å². The van der Waals surface area contributed by atoms with Crippen molar-refractivity contribution in [2.75, 3.05) is 19.6 Å². The number of aryl methyl sites for hydroxylation is 1. The SMILES string of the molecule is CCCc1c(C(F)(F)F)c2cc(CCN3CCC(F)(F)CC3)ccc2n(C)c1=O. The number of rotatable bonds is 5. The Hall–Kier alpha value is -1.96. The molecule has 0 bridgehead atoms.